The van der Waals surface area contributed by atoms with Gasteiger partial charge in [-0.25, -0.2) is 4.79 Å². The van der Waals surface area contributed by atoms with Gasteiger partial charge in [0.15, 0.2) is 0 Å². The molecular formula is C21H32O4. The molecule has 0 aromatic heterocycles. The zero-order valence-electron chi connectivity index (χ0n) is 16.2. The molecule has 1 fully saturated rings. The van der Waals surface area contributed by atoms with Crippen LogP contribution in [0, 0.1) is 0 Å². The highest BCUT2D eigenvalue weighted by atomic mass is 16.6. The quantitative estimate of drug-likeness (QED) is 0.599. The maximum Gasteiger partial charge on any atom is 0.333 e. The molecule has 1 heterocycles. The topological polar surface area (TPSA) is 59.1 Å². The Morgan fingerprint density at radius 2 is 2.04 bits per heavy atom. The maximum atomic E-state index is 12.1. The number of hydrogen-bond donors (Lipinski definition) is 1. The highest BCUT2D eigenvalue weighted by Crippen LogP contribution is 2.43. The van der Waals surface area contributed by atoms with Gasteiger partial charge < -0.3 is 14.6 Å². The molecule has 1 N–H and O–H groups in total. The molecule has 1 saturated heterocycles. The highest BCUT2D eigenvalue weighted by molar-refractivity contribution is 5.88. The van der Waals surface area contributed by atoms with E-state index in [1.165, 1.54) is 12.7 Å². The summed E-state index contributed by atoms with van der Waals surface area (Å²) in [6.07, 6.45) is 11.3. The number of rotatable bonds is 2. The molecule has 0 radical (unpaired) electrons. The first-order chi connectivity index (χ1) is 11.7. The normalized spacial score (nSPS) is 28.7. The van der Waals surface area contributed by atoms with Gasteiger partial charge in [-0.05, 0) is 71.8 Å². The lowest BCUT2D eigenvalue weighted by molar-refractivity contribution is -0.136. The molecular weight excluding hydrogens is 316 g/mol. The van der Waals surface area contributed by atoms with Crippen LogP contribution in [-0.4, -0.2) is 35.5 Å². The molecule has 0 aromatic carbocycles. The monoisotopic (exact) mass is 348 g/mol. The van der Waals surface area contributed by atoms with Crippen LogP contribution in [0.1, 0.15) is 66.2 Å². The largest absolute Gasteiger partial charge is 0.466 e. The Balaban J connectivity index is 2.26. The Labute approximate surface area is 151 Å². The Hall–Kier alpha value is -1.39. The van der Waals surface area contributed by atoms with Gasteiger partial charge in [0.1, 0.15) is 0 Å². The Morgan fingerprint density at radius 1 is 1.32 bits per heavy atom. The number of carbonyl (C=O) groups is 1. The van der Waals surface area contributed by atoms with Gasteiger partial charge in [0.2, 0.25) is 0 Å². The summed E-state index contributed by atoms with van der Waals surface area (Å²) in [6, 6.07) is 0. The van der Waals surface area contributed by atoms with E-state index in [1.54, 1.807) is 13.8 Å². The van der Waals surface area contributed by atoms with Crippen molar-refractivity contribution in [1.82, 2.24) is 0 Å². The summed E-state index contributed by atoms with van der Waals surface area (Å²) in [5.41, 5.74) is 1.91. The number of aliphatic hydroxyl groups is 1. The number of carbonyl (C=O) groups excluding carboxylic acids is 1. The maximum absolute atomic E-state index is 12.1. The summed E-state index contributed by atoms with van der Waals surface area (Å²) < 4.78 is 10.8. The zero-order chi connectivity index (χ0) is 18.7. The lowest BCUT2D eigenvalue weighted by Gasteiger charge is -2.22. The van der Waals surface area contributed by atoms with Crippen molar-refractivity contribution in [1.29, 1.82) is 0 Å². The van der Waals surface area contributed by atoms with E-state index >= 15 is 0 Å². The number of epoxide rings is 1. The third-order valence-corrected chi connectivity index (χ3v) is 5.33. The van der Waals surface area contributed by atoms with Gasteiger partial charge in [-0.2, -0.15) is 0 Å². The smallest absolute Gasteiger partial charge is 0.333 e. The standard InChI is InChI=1S/C21H32O4/c1-15-8-11-17(20(2,3)23)12-10-16(19(22)24-5)7-6-14-21(4)18(25-21)13-9-15/h7-8,11,18,23H,6,9-10,12-14H2,1-5H3. The van der Waals surface area contributed by atoms with Crippen molar-refractivity contribution >= 4 is 5.97 Å². The number of hydrogen-bond acceptors (Lipinski definition) is 4. The predicted molar refractivity (Wildman–Crippen MR) is 99.2 cm³/mol. The van der Waals surface area contributed by atoms with E-state index in [4.69, 9.17) is 9.47 Å². The van der Waals surface area contributed by atoms with Gasteiger partial charge in [-0.3, -0.25) is 0 Å². The third kappa shape index (κ3) is 5.55. The molecule has 0 spiro atoms. The van der Waals surface area contributed by atoms with Crippen molar-refractivity contribution < 1.29 is 19.4 Å². The predicted octanol–water partition coefficient (Wildman–Crippen LogP) is 4.24. The molecule has 4 heteroatoms. The Kier molecular flexibility index (Phi) is 6.28. The lowest BCUT2D eigenvalue weighted by atomic mass is 9.90. The minimum Gasteiger partial charge on any atom is -0.466 e. The summed E-state index contributed by atoms with van der Waals surface area (Å²) in [5.74, 6) is -0.285. The summed E-state index contributed by atoms with van der Waals surface area (Å²) in [6.45, 7) is 7.84. The number of allylic oxidation sites excluding steroid dienone is 4. The lowest BCUT2D eigenvalue weighted by Crippen LogP contribution is -2.22. The first-order valence-corrected chi connectivity index (χ1v) is 9.20. The van der Waals surface area contributed by atoms with Crippen molar-refractivity contribution in [2.24, 2.45) is 0 Å². The van der Waals surface area contributed by atoms with Gasteiger partial charge in [-0.1, -0.05) is 23.8 Å². The van der Waals surface area contributed by atoms with Crippen LogP contribution in [-0.2, 0) is 14.3 Å². The molecule has 2 unspecified atom stereocenters. The van der Waals surface area contributed by atoms with Crippen molar-refractivity contribution in [3.8, 4) is 0 Å². The first-order valence-electron chi connectivity index (χ1n) is 9.20. The average molecular weight is 348 g/mol. The van der Waals surface area contributed by atoms with Crippen molar-refractivity contribution in [2.45, 2.75) is 83.5 Å². The summed E-state index contributed by atoms with van der Waals surface area (Å²) >= 11 is 0. The minimum absolute atomic E-state index is 0.0593. The molecule has 1 aliphatic heterocycles. The van der Waals surface area contributed by atoms with Crippen LogP contribution >= 0.6 is 0 Å². The SMILES string of the molecule is COC(=O)C1=CCCC2(C)OC2CCC(C)=CC=C(C(C)(C)O)CC1. The minimum atomic E-state index is -0.909. The van der Waals surface area contributed by atoms with E-state index in [2.05, 4.69) is 19.9 Å². The fourth-order valence-electron chi connectivity index (χ4n) is 3.37. The van der Waals surface area contributed by atoms with Gasteiger partial charge in [0.25, 0.3) is 0 Å². The molecule has 0 amide bonds. The Morgan fingerprint density at radius 3 is 2.68 bits per heavy atom. The van der Waals surface area contributed by atoms with Gasteiger partial charge >= 0.3 is 5.97 Å². The van der Waals surface area contributed by atoms with Crippen molar-refractivity contribution in [2.75, 3.05) is 7.11 Å². The number of esters is 1. The first kappa shape index (κ1) is 19.9. The zero-order valence-corrected chi connectivity index (χ0v) is 16.2. The van der Waals surface area contributed by atoms with Gasteiger partial charge in [-0.15, -0.1) is 0 Å². The molecule has 0 saturated carbocycles. The summed E-state index contributed by atoms with van der Waals surface area (Å²) in [4.78, 5) is 12.1. The number of ether oxygens (including phenoxy) is 2. The number of methoxy groups -OCH3 is 1. The molecule has 4 nitrogen and oxygen atoms in total. The number of fused-ring (bicyclic) bond motifs is 1. The van der Waals surface area contributed by atoms with Crippen LogP contribution in [0.5, 0.6) is 0 Å². The average Bonchev–Trinajstić information content (AvgIpc) is 3.18. The van der Waals surface area contributed by atoms with E-state index < -0.39 is 5.60 Å². The van der Waals surface area contributed by atoms with Crippen LogP contribution in [0.4, 0.5) is 0 Å². The molecule has 2 rings (SSSR count). The van der Waals surface area contributed by atoms with E-state index in [-0.39, 0.29) is 11.6 Å². The second-order valence-corrected chi connectivity index (χ2v) is 7.98. The molecule has 2 atom stereocenters. The summed E-state index contributed by atoms with van der Waals surface area (Å²) in [5, 5.41) is 10.4. The second-order valence-electron chi connectivity index (χ2n) is 7.98. The fraction of sp³-hybridized carbons (Fsp3) is 0.667. The molecule has 0 aromatic rings. The second kappa shape index (κ2) is 7.88. The van der Waals surface area contributed by atoms with E-state index in [0.717, 1.165) is 31.3 Å². The van der Waals surface area contributed by atoms with E-state index in [9.17, 15) is 9.90 Å². The van der Waals surface area contributed by atoms with Gasteiger partial charge in [0, 0.05) is 5.57 Å². The van der Waals surface area contributed by atoms with Gasteiger partial charge in [0.05, 0.1) is 24.4 Å². The third-order valence-electron chi connectivity index (χ3n) is 5.33. The molecule has 2 aliphatic rings. The van der Waals surface area contributed by atoms with Crippen molar-refractivity contribution in [3.05, 3.63) is 34.9 Å². The van der Waals surface area contributed by atoms with Crippen molar-refractivity contribution in [3.63, 3.8) is 0 Å². The van der Waals surface area contributed by atoms with E-state index in [0.29, 0.717) is 24.5 Å². The van der Waals surface area contributed by atoms with Crippen LogP contribution < -0.4 is 0 Å². The van der Waals surface area contributed by atoms with Crippen LogP contribution in [0.2, 0.25) is 0 Å². The van der Waals surface area contributed by atoms with E-state index in [1.807, 2.05) is 12.2 Å². The molecule has 25 heavy (non-hydrogen) atoms. The fourth-order valence-corrected chi connectivity index (χ4v) is 3.37. The molecule has 140 valence electrons. The van der Waals surface area contributed by atoms with Crippen LogP contribution in [0.3, 0.4) is 0 Å². The summed E-state index contributed by atoms with van der Waals surface area (Å²) in [7, 11) is 1.41. The molecule has 0 bridgehead atoms. The van der Waals surface area contributed by atoms with Crippen LogP contribution in [0.25, 0.3) is 0 Å². The molecule has 1 aliphatic carbocycles. The highest BCUT2D eigenvalue weighted by Gasteiger charge is 2.50. The van der Waals surface area contributed by atoms with Crippen LogP contribution in [0.15, 0.2) is 34.9 Å². The Bertz CT molecular complexity index is 592.